The van der Waals surface area contributed by atoms with Gasteiger partial charge < -0.3 is 14.8 Å². The molecule has 28 heavy (non-hydrogen) atoms. The number of hydrogen-bond acceptors (Lipinski definition) is 4. The molecule has 3 aromatic rings. The third-order valence-electron chi connectivity index (χ3n) is 4.24. The molecule has 146 valence electrons. The first-order valence-electron chi connectivity index (χ1n) is 9.40. The van der Waals surface area contributed by atoms with Crippen molar-refractivity contribution in [1.82, 2.24) is 10.3 Å². The average molecular weight is 397 g/mol. The van der Waals surface area contributed by atoms with Gasteiger partial charge in [0.1, 0.15) is 6.61 Å². The van der Waals surface area contributed by atoms with Crippen LogP contribution >= 0.6 is 11.6 Å². The molecule has 0 aliphatic rings. The summed E-state index contributed by atoms with van der Waals surface area (Å²) in [5.41, 5.74) is 4.27. The monoisotopic (exact) mass is 396 g/mol. The van der Waals surface area contributed by atoms with Crippen LogP contribution in [0.5, 0.6) is 11.5 Å². The zero-order valence-corrected chi connectivity index (χ0v) is 17.0. The van der Waals surface area contributed by atoms with Crippen LogP contribution in [0, 0.1) is 6.92 Å². The lowest BCUT2D eigenvalue weighted by Gasteiger charge is -2.15. The predicted molar refractivity (Wildman–Crippen MR) is 113 cm³/mol. The van der Waals surface area contributed by atoms with E-state index >= 15 is 0 Å². The van der Waals surface area contributed by atoms with Gasteiger partial charge in [0.2, 0.25) is 0 Å². The van der Waals surface area contributed by atoms with Crippen molar-refractivity contribution >= 4 is 11.6 Å². The van der Waals surface area contributed by atoms with E-state index < -0.39 is 0 Å². The lowest BCUT2D eigenvalue weighted by atomic mass is 10.1. The topological polar surface area (TPSA) is 43.4 Å². The fourth-order valence-electron chi connectivity index (χ4n) is 2.88. The molecule has 0 amide bonds. The molecule has 4 nitrogen and oxygen atoms in total. The lowest BCUT2D eigenvalue weighted by Crippen LogP contribution is -2.14. The number of ether oxygens (including phenoxy) is 2. The normalized spacial score (nSPS) is 10.7. The first kappa shape index (κ1) is 20.2. The lowest BCUT2D eigenvalue weighted by molar-refractivity contribution is 0.269. The number of aryl methyl sites for hydroxylation is 1. The fraction of sp³-hybridized carbons (Fsp3) is 0.261. The van der Waals surface area contributed by atoms with Crippen molar-refractivity contribution in [2.45, 2.75) is 33.5 Å². The van der Waals surface area contributed by atoms with Crippen LogP contribution in [0.25, 0.3) is 0 Å². The Morgan fingerprint density at radius 1 is 0.964 bits per heavy atom. The highest BCUT2D eigenvalue weighted by Gasteiger charge is 2.12. The SMILES string of the molecule is CCOc1cc(CNCc2ccccn2)c(Cl)cc1OCc1cccc(C)c1. The van der Waals surface area contributed by atoms with Crippen molar-refractivity contribution in [3.63, 3.8) is 0 Å². The molecular weight excluding hydrogens is 372 g/mol. The number of aromatic nitrogens is 1. The van der Waals surface area contributed by atoms with Crippen LogP contribution in [-0.4, -0.2) is 11.6 Å². The second kappa shape index (κ2) is 10.1. The summed E-state index contributed by atoms with van der Waals surface area (Å²) in [5.74, 6) is 1.36. The van der Waals surface area contributed by atoms with Crippen LogP contribution in [-0.2, 0) is 19.7 Å². The average Bonchev–Trinajstić information content (AvgIpc) is 2.70. The van der Waals surface area contributed by atoms with Gasteiger partial charge in [0, 0.05) is 30.4 Å². The summed E-state index contributed by atoms with van der Waals surface area (Å²) < 4.78 is 11.8. The van der Waals surface area contributed by atoms with E-state index in [0.717, 1.165) is 16.8 Å². The number of rotatable bonds is 9. The van der Waals surface area contributed by atoms with Crippen molar-refractivity contribution in [3.8, 4) is 11.5 Å². The van der Waals surface area contributed by atoms with Gasteiger partial charge in [-0.3, -0.25) is 4.98 Å². The van der Waals surface area contributed by atoms with Crippen LogP contribution in [0.2, 0.25) is 5.02 Å². The van der Waals surface area contributed by atoms with Gasteiger partial charge in [-0.25, -0.2) is 0 Å². The molecule has 1 aromatic heterocycles. The summed E-state index contributed by atoms with van der Waals surface area (Å²) in [4.78, 5) is 4.31. The fourth-order valence-corrected chi connectivity index (χ4v) is 3.11. The van der Waals surface area contributed by atoms with E-state index in [4.69, 9.17) is 21.1 Å². The molecule has 1 heterocycles. The number of nitrogens with zero attached hydrogens (tertiary/aromatic N) is 1. The number of nitrogens with one attached hydrogen (secondary N) is 1. The first-order valence-corrected chi connectivity index (χ1v) is 9.77. The highest BCUT2D eigenvalue weighted by molar-refractivity contribution is 6.31. The van der Waals surface area contributed by atoms with Crippen molar-refractivity contribution in [2.75, 3.05) is 6.61 Å². The summed E-state index contributed by atoms with van der Waals surface area (Å²) in [7, 11) is 0. The van der Waals surface area contributed by atoms with Crippen LogP contribution in [0.1, 0.15) is 29.3 Å². The third-order valence-corrected chi connectivity index (χ3v) is 4.59. The maximum absolute atomic E-state index is 6.50. The molecule has 0 bridgehead atoms. The second-order valence-corrected chi connectivity index (χ2v) is 6.93. The molecule has 0 fully saturated rings. The van der Waals surface area contributed by atoms with E-state index in [9.17, 15) is 0 Å². The van der Waals surface area contributed by atoms with E-state index in [0.29, 0.717) is 42.8 Å². The smallest absolute Gasteiger partial charge is 0.163 e. The van der Waals surface area contributed by atoms with Crippen molar-refractivity contribution < 1.29 is 9.47 Å². The minimum Gasteiger partial charge on any atom is -0.490 e. The Balaban J connectivity index is 1.68. The molecule has 0 unspecified atom stereocenters. The highest BCUT2D eigenvalue weighted by Crippen LogP contribution is 2.34. The molecule has 3 rings (SSSR count). The Morgan fingerprint density at radius 2 is 1.82 bits per heavy atom. The quantitative estimate of drug-likeness (QED) is 0.532. The summed E-state index contributed by atoms with van der Waals surface area (Å²) in [6, 6.07) is 17.9. The van der Waals surface area contributed by atoms with E-state index in [2.05, 4.69) is 29.4 Å². The Kier molecular flexibility index (Phi) is 7.29. The first-order chi connectivity index (χ1) is 13.7. The molecular formula is C23H25ClN2O2. The van der Waals surface area contributed by atoms with E-state index in [-0.39, 0.29) is 0 Å². The number of hydrogen-bond donors (Lipinski definition) is 1. The second-order valence-electron chi connectivity index (χ2n) is 6.53. The van der Waals surface area contributed by atoms with Crippen LogP contribution in [0.15, 0.2) is 60.8 Å². The molecule has 5 heteroatoms. The third kappa shape index (κ3) is 5.72. The van der Waals surface area contributed by atoms with Crippen molar-refractivity contribution in [2.24, 2.45) is 0 Å². The summed E-state index contributed by atoms with van der Waals surface area (Å²) in [6.45, 7) is 6.34. The van der Waals surface area contributed by atoms with Crippen molar-refractivity contribution in [1.29, 1.82) is 0 Å². The van der Waals surface area contributed by atoms with E-state index in [1.54, 1.807) is 6.20 Å². The molecule has 0 saturated carbocycles. The molecule has 0 saturated heterocycles. The van der Waals surface area contributed by atoms with Gasteiger partial charge in [0.25, 0.3) is 0 Å². The maximum Gasteiger partial charge on any atom is 0.163 e. The number of halogens is 1. The Bertz CT molecular complexity index is 900. The summed E-state index contributed by atoms with van der Waals surface area (Å²) in [6.07, 6.45) is 1.79. The largest absolute Gasteiger partial charge is 0.490 e. The highest BCUT2D eigenvalue weighted by atomic mass is 35.5. The van der Waals surface area contributed by atoms with Gasteiger partial charge in [-0.05, 0) is 43.2 Å². The minimum atomic E-state index is 0.468. The van der Waals surface area contributed by atoms with Crippen LogP contribution in [0.4, 0.5) is 0 Å². The van der Waals surface area contributed by atoms with Crippen LogP contribution < -0.4 is 14.8 Å². The van der Waals surface area contributed by atoms with Gasteiger partial charge in [-0.15, -0.1) is 0 Å². The summed E-state index contributed by atoms with van der Waals surface area (Å²) in [5, 5.41) is 4.02. The Labute approximate surface area is 171 Å². The molecule has 0 aliphatic carbocycles. The van der Waals surface area contributed by atoms with Crippen LogP contribution in [0.3, 0.4) is 0 Å². The van der Waals surface area contributed by atoms with Gasteiger partial charge in [-0.1, -0.05) is 47.5 Å². The standard InChI is InChI=1S/C23H25ClN2O2/c1-3-27-22-12-19(14-25-15-20-9-4-5-10-26-20)21(24)13-23(22)28-16-18-8-6-7-17(2)11-18/h4-13,25H,3,14-16H2,1-2H3. The molecule has 0 atom stereocenters. The molecule has 0 spiro atoms. The van der Waals surface area contributed by atoms with Gasteiger partial charge >= 0.3 is 0 Å². The van der Waals surface area contributed by atoms with E-state index in [1.165, 1.54) is 5.56 Å². The number of pyridine rings is 1. The van der Waals surface area contributed by atoms with E-state index in [1.807, 2.05) is 49.4 Å². The van der Waals surface area contributed by atoms with Crippen molar-refractivity contribution in [3.05, 3.63) is 88.2 Å². The summed E-state index contributed by atoms with van der Waals surface area (Å²) >= 11 is 6.50. The molecule has 1 N–H and O–H groups in total. The number of benzene rings is 2. The molecule has 2 aromatic carbocycles. The predicted octanol–water partition coefficient (Wildman–Crippen LogP) is 5.31. The molecule has 0 aliphatic heterocycles. The maximum atomic E-state index is 6.50. The van der Waals surface area contributed by atoms with Gasteiger partial charge in [-0.2, -0.15) is 0 Å². The zero-order chi connectivity index (χ0) is 19.8. The zero-order valence-electron chi connectivity index (χ0n) is 16.2. The Morgan fingerprint density at radius 3 is 2.57 bits per heavy atom. The Hall–Kier alpha value is -2.56. The molecule has 0 radical (unpaired) electrons. The van der Waals surface area contributed by atoms with Gasteiger partial charge in [0.05, 0.1) is 12.3 Å². The van der Waals surface area contributed by atoms with Gasteiger partial charge in [0.15, 0.2) is 11.5 Å². The minimum absolute atomic E-state index is 0.468.